The summed E-state index contributed by atoms with van der Waals surface area (Å²) >= 11 is 0. The number of nitrogens with two attached hydrogens (primary N) is 1. The molecule has 3 rings (SSSR count). The summed E-state index contributed by atoms with van der Waals surface area (Å²) in [6.07, 6.45) is 3.04. The SMILES string of the molecule is CCc1ccc(-c2nnc3c(N)cc(C)cn23)cc1. The fraction of sp³-hybridized carbons (Fsp3) is 0.200. The van der Waals surface area contributed by atoms with Crippen LogP contribution in [0.1, 0.15) is 18.1 Å². The molecule has 2 N–H and O–H groups in total. The van der Waals surface area contributed by atoms with E-state index in [2.05, 4.69) is 41.4 Å². The van der Waals surface area contributed by atoms with Crippen molar-refractivity contribution in [2.75, 3.05) is 5.73 Å². The van der Waals surface area contributed by atoms with Gasteiger partial charge in [0.05, 0.1) is 5.69 Å². The molecule has 96 valence electrons. The van der Waals surface area contributed by atoms with E-state index in [1.54, 1.807) is 0 Å². The third kappa shape index (κ3) is 1.95. The van der Waals surface area contributed by atoms with Gasteiger partial charge < -0.3 is 5.73 Å². The molecule has 0 fully saturated rings. The van der Waals surface area contributed by atoms with Crippen molar-refractivity contribution in [1.82, 2.24) is 14.6 Å². The Morgan fingerprint density at radius 3 is 2.58 bits per heavy atom. The van der Waals surface area contributed by atoms with Crippen molar-refractivity contribution in [2.45, 2.75) is 20.3 Å². The van der Waals surface area contributed by atoms with Crippen molar-refractivity contribution in [1.29, 1.82) is 0 Å². The lowest BCUT2D eigenvalue weighted by atomic mass is 10.1. The van der Waals surface area contributed by atoms with Crippen LogP contribution in [-0.2, 0) is 6.42 Å². The van der Waals surface area contributed by atoms with E-state index < -0.39 is 0 Å². The maximum absolute atomic E-state index is 5.97. The Bertz CT molecular complexity index is 726. The molecule has 0 unspecified atom stereocenters. The van der Waals surface area contributed by atoms with Crippen LogP contribution in [0.3, 0.4) is 0 Å². The Morgan fingerprint density at radius 2 is 1.89 bits per heavy atom. The standard InChI is InChI=1S/C15H16N4/c1-3-11-4-6-12(7-5-11)14-17-18-15-13(16)8-10(2)9-19(14)15/h4-9H,3,16H2,1-2H3. The van der Waals surface area contributed by atoms with Crippen LogP contribution in [0.4, 0.5) is 5.69 Å². The molecule has 4 heteroatoms. The first kappa shape index (κ1) is 11.7. The quantitative estimate of drug-likeness (QED) is 0.763. The molecular weight excluding hydrogens is 236 g/mol. The highest BCUT2D eigenvalue weighted by molar-refractivity contribution is 5.69. The smallest absolute Gasteiger partial charge is 0.184 e. The number of aryl methyl sites for hydroxylation is 2. The zero-order valence-electron chi connectivity index (χ0n) is 11.1. The molecule has 1 aromatic carbocycles. The van der Waals surface area contributed by atoms with E-state index in [0.717, 1.165) is 23.4 Å². The number of nitrogen functional groups attached to an aromatic ring is 1. The number of hydrogen-bond donors (Lipinski definition) is 1. The van der Waals surface area contributed by atoms with Gasteiger partial charge in [-0.05, 0) is 30.5 Å². The van der Waals surface area contributed by atoms with Crippen LogP contribution in [0.5, 0.6) is 0 Å². The van der Waals surface area contributed by atoms with Crippen molar-refractivity contribution in [2.24, 2.45) is 0 Å². The number of benzene rings is 1. The summed E-state index contributed by atoms with van der Waals surface area (Å²) in [6.45, 7) is 4.16. The van der Waals surface area contributed by atoms with Crippen LogP contribution >= 0.6 is 0 Å². The Hall–Kier alpha value is -2.36. The zero-order valence-corrected chi connectivity index (χ0v) is 11.1. The summed E-state index contributed by atoms with van der Waals surface area (Å²) in [5.74, 6) is 0.827. The molecule has 0 bridgehead atoms. The summed E-state index contributed by atoms with van der Waals surface area (Å²) in [4.78, 5) is 0. The molecule has 3 aromatic rings. The highest BCUT2D eigenvalue weighted by atomic mass is 15.2. The number of hydrogen-bond acceptors (Lipinski definition) is 3. The number of fused-ring (bicyclic) bond motifs is 1. The van der Waals surface area contributed by atoms with Crippen LogP contribution in [0.15, 0.2) is 36.5 Å². The highest BCUT2D eigenvalue weighted by Gasteiger charge is 2.10. The Kier molecular flexibility index (Phi) is 2.71. The lowest BCUT2D eigenvalue weighted by Crippen LogP contribution is -1.95. The second-order valence-electron chi connectivity index (χ2n) is 4.74. The molecule has 0 aliphatic heterocycles. The summed E-state index contributed by atoms with van der Waals surface area (Å²) in [5, 5.41) is 8.42. The van der Waals surface area contributed by atoms with E-state index in [4.69, 9.17) is 5.73 Å². The summed E-state index contributed by atoms with van der Waals surface area (Å²) in [5.41, 5.74) is 10.8. The first-order valence-electron chi connectivity index (χ1n) is 6.39. The number of rotatable bonds is 2. The fourth-order valence-corrected chi connectivity index (χ4v) is 2.25. The minimum atomic E-state index is 0.656. The Morgan fingerprint density at radius 1 is 1.16 bits per heavy atom. The van der Waals surface area contributed by atoms with E-state index in [1.807, 2.05) is 23.6 Å². The van der Waals surface area contributed by atoms with Crippen LogP contribution in [0, 0.1) is 6.92 Å². The van der Waals surface area contributed by atoms with Crippen LogP contribution in [-0.4, -0.2) is 14.6 Å². The van der Waals surface area contributed by atoms with Gasteiger partial charge in [0.25, 0.3) is 0 Å². The third-order valence-electron chi connectivity index (χ3n) is 3.29. The van der Waals surface area contributed by atoms with E-state index in [-0.39, 0.29) is 0 Å². The van der Waals surface area contributed by atoms with Gasteiger partial charge in [0, 0.05) is 11.8 Å². The van der Waals surface area contributed by atoms with Gasteiger partial charge in [-0.2, -0.15) is 0 Å². The maximum atomic E-state index is 5.97. The van der Waals surface area contributed by atoms with Gasteiger partial charge >= 0.3 is 0 Å². The van der Waals surface area contributed by atoms with E-state index in [1.165, 1.54) is 5.56 Å². The molecule has 0 aliphatic rings. The Balaban J connectivity index is 2.19. The van der Waals surface area contributed by atoms with E-state index >= 15 is 0 Å². The lowest BCUT2D eigenvalue weighted by molar-refractivity contribution is 1.10. The molecule has 19 heavy (non-hydrogen) atoms. The van der Waals surface area contributed by atoms with Crippen LogP contribution in [0.25, 0.3) is 17.0 Å². The summed E-state index contributed by atoms with van der Waals surface area (Å²) in [6, 6.07) is 10.3. The molecule has 2 aromatic heterocycles. The largest absolute Gasteiger partial charge is 0.396 e. The number of nitrogens with zero attached hydrogens (tertiary/aromatic N) is 3. The Labute approximate surface area is 111 Å². The highest BCUT2D eigenvalue weighted by Crippen LogP contribution is 2.22. The lowest BCUT2D eigenvalue weighted by Gasteiger charge is -2.04. The van der Waals surface area contributed by atoms with Crippen molar-refractivity contribution in [3.8, 4) is 11.4 Å². The van der Waals surface area contributed by atoms with Gasteiger partial charge in [-0.15, -0.1) is 10.2 Å². The fourth-order valence-electron chi connectivity index (χ4n) is 2.25. The average Bonchev–Trinajstić information content (AvgIpc) is 2.83. The average molecular weight is 252 g/mol. The van der Waals surface area contributed by atoms with Crippen molar-refractivity contribution in [3.05, 3.63) is 47.7 Å². The molecular formula is C15H16N4. The summed E-state index contributed by atoms with van der Waals surface area (Å²) in [7, 11) is 0. The second kappa shape index (κ2) is 4.39. The normalized spacial score (nSPS) is 11.1. The molecule has 2 heterocycles. The maximum Gasteiger partial charge on any atom is 0.184 e. The number of anilines is 1. The van der Waals surface area contributed by atoms with E-state index in [0.29, 0.717) is 11.3 Å². The predicted molar refractivity (Wildman–Crippen MR) is 77.0 cm³/mol. The molecule has 0 spiro atoms. The van der Waals surface area contributed by atoms with Gasteiger partial charge in [-0.3, -0.25) is 4.40 Å². The minimum Gasteiger partial charge on any atom is -0.396 e. The minimum absolute atomic E-state index is 0.656. The molecule has 0 saturated heterocycles. The predicted octanol–water partition coefficient (Wildman–Crippen LogP) is 2.85. The van der Waals surface area contributed by atoms with Crippen LogP contribution in [0.2, 0.25) is 0 Å². The topological polar surface area (TPSA) is 56.2 Å². The molecule has 4 nitrogen and oxygen atoms in total. The van der Waals surface area contributed by atoms with Gasteiger partial charge in [0.1, 0.15) is 0 Å². The molecule has 0 aliphatic carbocycles. The van der Waals surface area contributed by atoms with Crippen molar-refractivity contribution >= 4 is 11.3 Å². The van der Waals surface area contributed by atoms with Crippen molar-refractivity contribution < 1.29 is 0 Å². The van der Waals surface area contributed by atoms with Gasteiger partial charge in [-0.1, -0.05) is 31.2 Å². The molecule has 0 saturated carbocycles. The van der Waals surface area contributed by atoms with Crippen molar-refractivity contribution in [3.63, 3.8) is 0 Å². The third-order valence-corrected chi connectivity index (χ3v) is 3.29. The zero-order chi connectivity index (χ0) is 13.4. The monoisotopic (exact) mass is 252 g/mol. The first-order valence-corrected chi connectivity index (χ1v) is 6.39. The number of aromatic nitrogens is 3. The number of pyridine rings is 1. The van der Waals surface area contributed by atoms with Gasteiger partial charge in [-0.25, -0.2) is 0 Å². The van der Waals surface area contributed by atoms with Crippen LogP contribution < -0.4 is 5.73 Å². The first-order chi connectivity index (χ1) is 9.19. The molecule has 0 atom stereocenters. The molecule has 0 radical (unpaired) electrons. The van der Waals surface area contributed by atoms with Gasteiger partial charge in [0.15, 0.2) is 11.5 Å². The summed E-state index contributed by atoms with van der Waals surface area (Å²) < 4.78 is 1.95. The molecule has 0 amide bonds. The second-order valence-corrected chi connectivity index (χ2v) is 4.74. The van der Waals surface area contributed by atoms with Gasteiger partial charge in [0.2, 0.25) is 0 Å². The van der Waals surface area contributed by atoms with E-state index in [9.17, 15) is 0 Å².